The van der Waals surface area contributed by atoms with Gasteiger partial charge < -0.3 is 10.4 Å². The second-order valence-electron chi connectivity index (χ2n) is 5.02. The summed E-state index contributed by atoms with van der Waals surface area (Å²) in [6.45, 7) is 2.69. The van der Waals surface area contributed by atoms with Gasteiger partial charge in [-0.2, -0.15) is 0 Å². The number of aliphatic carboxylic acids is 1. The molecule has 1 unspecified atom stereocenters. The van der Waals surface area contributed by atoms with E-state index in [1.165, 1.54) is 6.08 Å². The van der Waals surface area contributed by atoms with E-state index < -0.39 is 5.97 Å². The first-order chi connectivity index (χ1) is 10.1. The molecule has 4 nitrogen and oxygen atoms in total. The van der Waals surface area contributed by atoms with Crippen LogP contribution in [0, 0.1) is 5.92 Å². The normalized spacial score (nSPS) is 12.4. The SMILES string of the molecule is CCCC(CCNC(=O)C=Cc1cccs1)CCC(=O)O. The number of hydrogen-bond donors (Lipinski definition) is 2. The fraction of sp³-hybridized carbons (Fsp3) is 0.500. The van der Waals surface area contributed by atoms with Crippen molar-refractivity contribution < 1.29 is 14.7 Å². The van der Waals surface area contributed by atoms with E-state index in [2.05, 4.69) is 12.2 Å². The average molecular weight is 309 g/mol. The number of nitrogens with one attached hydrogen (secondary N) is 1. The Balaban J connectivity index is 2.25. The van der Waals surface area contributed by atoms with Gasteiger partial charge in [0.05, 0.1) is 0 Å². The maximum absolute atomic E-state index is 11.7. The summed E-state index contributed by atoms with van der Waals surface area (Å²) in [5, 5.41) is 13.5. The first kappa shape index (κ1) is 17.4. The fourth-order valence-electron chi connectivity index (χ4n) is 2.17. The molecule has 0 fully saturated rings. The molecule has 0 spiro atoms. The molecule has 0 aliphatic rings. The maximum atomic E-state index is 11.7. The minimum atomic E-state index is -0.751. The van der Waals surface area contributed by atoms with Gasteiger partial charge in [0.15, 0.2) is 0 Å². The molecule has 1 amide bonds. The van der Waals surface area contributed by atoms with Crippen molar-refractivity contribution in [2.45, 2.75) is 39.0 Å². The largest absolute Gasteiger partial charge is 0.481 e. The number of hydrogen-bond acceptors (Lipinski definition) is 3. The van der Waals surface area contributed by atoms with Crippen LogP contribution in [0.2, 0.25) is 0 Å². The molecular weight excluding hydrogens is 286 g/mol. The van der Waals surface area contributed by atoms with Crippen molar-refractivity contribution in [2.24, 2.45) is 5.92 Å². The second kappa shape index (κ2) is 10.2. The zero-order valence-electron chi connectivity index (χ0n) is 12.4. The van der Waals surface area contributed by atoms with E-state index in [4.69, 9.17) is 5.11 Å². The average Bonchev–Trinajstić information content (AvgIpc) is 2.95. The number of carboxylic acid groups (broad SMARTS) is 1. The van der Waals surface area contributed by atoms with Gasteiger partial charge in [-0.05, 0) is 36.3 Å². The van der Waals surface area contributed by atoms with Crippen LogP contribution in [0.1, 0.15) is 43.9 Å². The number of thiophene rings is 1. The summed E-state index contributed by atoms with van der Waals surface area (Å²) in [4.78, 5) is 23.3. The monoisotopic (exact) mass is 309 g/mol. The molecule has 1 heterocycles. The van der Waals surface area contributed by atoms with Crippen LogP contribution in [0.5, 0.6) is 0 Å². The lowest BCUT2D eigenvalue weighted by molar-refractivity contribution is -0.137. The second-order valence-corrected chi connectivity index (χ2v) is 5.99. The zero-order valence-corrected chi connectivity index (χ0v) is 13.2. The fourth-order valence-corrected chi connectivity index (χ4v) is 2.79. The Bertz CT molecular complexity index is 454. The molecule has 0 aliphatic carbocycles. The molecular formula is C16H23NO3S. The molecule has 0 aromatic carbocycles. The predicted octanol–water partition coefficient (Wildman–Crippen LogP) is 3.55. The molecule has 2 N–H and O–H groups in total. The first-order valence-electron chi connectivity index (χ1n) is 7.33. The van der Waals surface area contributed by atoms with Gasteiger partial charge in [0.2, 0.25) is 5.91 Å². The standard InChI is InChI=1S/C16H23NO3S/c1-2-4-13(6-9-16(19)20)10-11-17-15(18)8-7-14-5-3-12-21-14/h3,5,7-8,12-13H,2,4,6,9-11H2,1H3,(H,17,18)(H,19,20). The Morgan fingerprint density at radius 3 is 2.81 bits per heavy atom. The van der Waals surface area contributed by atoms with Crippen LogP contribution in [0.15, 0.2) is 23.6 Å². The van der Waals surface area contributed by atoms with Crippen LogP contribution >= 0.6 is 11.3 Å². The summed E-state index contributed by atoms with van der Waals surface area (Å²) in [5.74, 6) is -0.483. The van der Waals surface area contributed by atoms with Crippen molar-refractivity contribution in [3.8, 4) is 0 Å². The highest BCUT2D eigenvalue weighted by Gasteiger charge is 2.10. The van der Waals surface area contributed by atoms with Gasteiger partial charge >= 0.3 is 5.97 Å². The summed E-state index contributed by atoms with van der Waals surface area (Å²) < 4.78 is 0. The predicted molar refractivity (Wildman–Crippen MR) is 86.2 cm³/mol. The summed E-state index contributed by atoms with van der Waals surface area (Å²) in [6, 6.07) is 3.90. The highest BCUT2D eigenvalue weighted by molar-refractivity contribution is 7.10. The summed E-state index contributed by atoms with van der Waals surface area (Å²) in [7, 11) is 0. The number of carboxylic acids is 1. The Hall–Kier alpha value is -1.62. The minimum Gasteiger partial charge on any atom is -0.481 e. The Labute approximate surface area is 129 Å². The third-order valence-corrected chi connectivity index (χ3v) is 4.09. The number of carbonyl (C=O) groups is 2. The van der Waals surface area contributed by atoms with Crippen molar-refractivity contribution in [1.82, 2.24) is 5.32 Å². The van der Waals surface area contributed by atoms with Gasteiger partial charge in [0.25, 0.3) is 0 Å². The number of carbonyl (C=O) groups excluding carboxylic acids is 1. The molecule has 21 heavy (non-hydrogen) atoms. The van der Waals surface area contributed by atoms with Crippen LogP contribution in [-0.4, -0.2) is 23.5 Å². The van der Waals surface area contributed by atoms with Crippen LogP contribution in [-0.2, 0) is 9.59 Å². The van der Waals surface area contributed by atoms with Gasteiger partial charge in [0.1, 0.15) is 0 Å². The van der Waals surface area contributed by atoms with Gasteiger partial charge in [-0.15, -0.1) is 11.3 Å². The van der Waals surface area contributed by atoms with Crippen molar-refractivity contribution >= 4 is 29.3 Å². The zero-order chi connectivity index (χ0) is 15.5. The third-order valence-electron chi connectivity index (χ3n) is 3.26. The molecule has 1 aromatic rings. The van der Waals surface area contributed by atoms with Crippen molar-refractivity contribution in [3.63, 3.8) is 0 Å². The van der Waals surface area contributed by atoms with Gasteiger partial charge in [-0.3, -0.25) is 9.59 Å². The molecule has 1 aromatic heterocycles. The van der Waals surface area contributed by atoms with E-state index in [0.717, 1.165) is 24.1 Å². The molecule has 0 aliphatic heterocycles. The number of amides is 1. The number of rotatable bonds is 10. The summed E-state index contributed by atoms with van der Waals surface area (Å²) in [5.41, 5.74) is 0. The van der Waals surface area contributed by atoms with Crippen LogP contribution in [0.25, 0.3) is 6.08 Å². The van der Waals surface area contributed by atoms with Gasteiger partial charge in [-0.25, -0.2) is 0 Å². The maximum Gasteiger partial charge on any atom is 0.303 e. The summed E-state index contributed by atoms with van der Waals surface area (Å²) in [6.07, 6.45) is 7.11. The van der Waals surface area contributed by atoms with E-state index in [-0.39, 0.29) is 12.3 Å². The third kappa shape index (κ3) is 8.30. The first-order valence-corrected chi connectivity index (χ1v) is 8.21. The Kier molecular flexibility index (Phi) is 8.43. The quantitative estimate of drug-likeness (QED) is 0.650. The van der Waals surface area contributed by atoms with E-state index in [1.54, 1.807) is 17.4 Å². The van der Waals surface area contributed by atoms with Crippen LogP contribution in [0.4, 0.5) is 0 Å². The van der Waals surface area contributed by atoms with Gasteiger partial charge in [-0.1, -0.05) is 25.8 Å². The highest BCUT2D eigenvalue weighted by Crippen LogP contribution is 2.17. The van der Waals surface area contributed by atoms with E-state index >= 15 is 0 Å². The molecule has 0 radical (unpaired) electrons. The Morgan fingerprint density at radius 1 is 1.38 bits per heavy atom. The lowest BCUT2D eigenvalue weighted by Crippen LogP contribution is -2.24. The Morgan fingerprint density at radius 2 is 2.19 bits per heavy atom. The molecule has 5 heteroatoms. The lowest BCUT2D eigenvalue weighted by Gasteiger charge is -2.14. The van der Waals surface area contributed by atoms with E-state index in [0.29, 0.717) is 18.9 Å². The summed E-state index contributed by atoms with van der Waals surface area (Å²) >= 11 is 1.59. The topological polar surface area (TPSA) is 66.4 Å². The molecule has 0 saturated heterocycles. The lowest BCUT2D eigenvalue weighted by atomic mass is 9.94. The molecule has 116 valence electrons. The molecule has 1 rings (SSSR count). The molecule has 0 saturated carbocycles. The molecule has 0 bridgehead atoms. The molecule has 1 atom stereocenters. The van der Waals surface area contributed by atoms with Crippen molar-refractivity contribution in [2.75, 3.05) is 6.54 Å². The van der Waals surface area contributed by atoms with Crippen LogP contribution in [0.3, 0.4) is 0 Å². The smallest absolute Gasteiger partial charge is 0.303 e. The minimum absolute atomic E-state index is 0.100. The van der Waals surface area contributed by atoms with Crippen LogP contribution < -0.4 is 5.32 Å². The van der Waals surface area contributed by atoms with Crippen molar-refractivity contribution in [1.29, 1.82) is 0 Å². The van der Waals surface area contributed by atoms with E-state index in [9.17, 15) is 9.59 Å². The van der Waals surface area contributed by atoms with Gasteiger partial charge in [0, 0.05) is 23.9 Å². The van der Waals surface area contributed by atoms with E-state index in [1.807, 2.05) is 17.5 Å². The van der Waals surface area contributed by atoms with Crippen molar-refractivity contribution in [3.05, 3.63) is 28.5 Å². The highest BCUT2D eigenvalue weighted by atomic mass is 32.1.